The summed E-state index contributed by atoms with van der Waals surface area (Å²) in [6.45, 7) is 4.53. The maximum Gasteiger partial charge on any atom is 0.253 e. The number of ether oxygens (including phenoxy) is 3. The van der Waals surface area contributed by atoms with E-state index in [0.29, 0.717) is 40.7 Å². The van der Waals surface area contributed by atoms with E-state index in [2.05, 4.69) is 17.3 Å². The molecule has 0 bridgehead atoms. The van der Waals surface area contributed by atoms with Crippen molar-refractivity contribution in [3.8, 4) is 17.2 Å². The van der Waals surface area contributed by atoms with Gasteiger partial charge in [-0.3, -0.25) is 4.79 Å². The van der Waals surface area contributed by atoms with Gasteiger partial charge >= 0.3 is 0 Å². The molecule has 0 radical (unpaired) electrons. The highest BCUT2D eigenvalue weighted by Gasteiger charge is 2.19. The van der Waals surface area contributed by atoms with Crippen molar-refractivity contribution in [3.63, 3.8) is 0 Å². The first kappa shape index (κ1) is 23.1. The number of aryl methyl sites for hydroxylation is 1. The average Bonchev–Trinajstić information content (AvgIpc) is 3.28. The minimum absolute atomic E-state index is 0.203. The molecule has 0 atom stereocenters. The summed E-state index contributed by atoms with van der Waals surface area (Å²) in [6.07, 6.45) is 6.40. The van der Waals surface area contributed by atoms with E-state index in [0.717, 1.165) is 30.5 Å². The molecule has 3 rings (SSSR count). The number of fused-ring (bicyclic) bond motifs is 1. The highest BCUT2D eigenvalue weighted by atomic mass is 16.5. The number of carbonyl (C=O) groups is 1. The van der Waals surface area contributed by atoms with E-state index in [1.807, 2.05) is 19.1 Å². The first-order chi connectivity index (χ1) is 15.6. The lowest BCUT2D eigenvalue weighted by atomic mass is 10.0. The van der Waals surface area contributed by atoms with Gasteiger partial charge < -0.3 is 19.5 Å². The van der Waals surface area contributed by atoms with Crippen LogP contribution in [-0.2, 0) is 11.2 Å². The number of aromatic nitrogens is 3. The highest BCUT2D eigenvalue weighted by molar-refractivity contribution is 6.23. The molecule has 8 nitrogen and oxygen atoms in total. The molecule has 0 fully saturated rings. The normalized spacial score (nSPS) is 11.5. The molecule has 0 aliphatic rings. The number of benzene rings is 1. The third-order valence-electron chi connectivity index (χ3n) is 5.05. The fraction of sp³-hybridized carbons (Fsp3) is 0.375. The minimum Gasteiger partial charge on any atom is -0.493 e. The van der Waals surface area contributed by atoms with Crippen LogP contribution in [0.3, 0.4) is 0 Å². The molecule has 170 valence electrons. The van der Waals surface area contributed by atoms with Crippen molar-refractivity contribution in [2.45, 2.75) is 33.1 Å². The van der Waals surface area contributed by atoms with E-state index in [9.17, 15) is 4.79 Å². The number of carbonyl (C=O) groups excluding carboxylic acids is 1. The van der Waals surface area contributed by atoms with Gasteiger partial charge in [-0.25, -0.2) is 9.50 Å². The quantitative estimate of drug-likeness (QED) is 0.485. The van der Waals surface area contributed by atoms with Crippen LogP contribution in [0.15, 0.2) is 30.5 Å². The third kappa shape index (κ3) is 4.85. The van der Waals surface area contributed by atoms with Gasteiger partial charge in [-0.15, -0.1) is 0 Å². The van der Waals surface area contributed by atoms with Gasteiger partial charge in [0, 0.05) is 18.3 Å². The second kappa shape index (κ2) is 10.7. The number of methoxy groups -OCH3 is 3. The Morgan fingerprint density at radius 2 is 1.81 bits per heavy atom. The second-order valence-electron chi connectivity index (χ2n) is 7.21. The second-order valence-corrected chi connectivity index (χ2v) is 7.21. The molecule has 0 spiro atoms. The number of hydrogen-bond donors (Lipinski definition) is 1. The van der Waals surface area contributed by atoms with Gasteiger partial charge in [0.1, 0.15) is 0 Å². The zero-order chi connectivity index (χ0) is 23.1. The van der Waals surface area contributed by atoms with Gasteiger partial charge in [0.15, 0.2) is 17.1 Å². The smallest absolute Gasteiger partial charge is 0.253 e. The van der Waals surface area contributed by atoms with E-state index < -0.39 is 0 Å². The number of likely N-dealkylation sites (N-methyl/N-ethyl adjacent to an activating group) is 1. The molecule has 1 aromatic carbocycles. The molecule has 2 aromatic heterocycles. The summed E-state index contributed by atoms with van der Waals surface area (Å²) in [5.74, 6) is 1.31. The van der Waals surface area contributed by atoms with Crippen LogP contribution in [0.2, 0.25) is 0 Å². The zero-order valence-electron chi connectivity index (χ0n) is 19.3. The van der Waals surface area contributed by atoms with Crippen LogP contribution in [0.25, 0.3) is 17.3 Å². The SMILES string of the molecule is CCCCc1cc(/C(=C\c2cc(OC)c(OC)c(OC)c2)C(=O)NCC)n2nccc2n1. The van der Waals surface area contributed by atoms with Gasteiger partial charge in [0.2, 0.25) is 5.75 Å². The van der Waals surface area contributed by atoms with Crippen molar-refractivity contribution in [2.75, 3.05) is 27.9 Å². The van der Waals surface area contributed by atoms with E-state index in [4.69, 9.17) is 19.2 Å². The van der Waals surface area contributed by atoms with Gasteiger partial charge in [0.25, 0.3) is 5.91 Å². The van der Waals surface area contributed by atoms with Gasteiger partial charge in [0.05, 0.1) is 38.8 Å². The maximum atomic E-state index is 13.1. The summed E-state index contributed by atoms with van der Waals surface area (Å²) in [7, 11) is 4.68. The maximum absolute atomic E-state index is 13.1. The average molecular weight is 439 g/mol. The van der Waals surface area contributed by atoms with Crippen molar-refractivity contribution >= 4 is 23.2 Å². The Balaban J connectivity index is 2.22. The van der Waals surface area contributed by atoms with Crippen LogP contribution in [0.1, 0.15) is 43.6 Å². The first-order valence-corrected chi connectivity index (χ1v) is 10.7. The van der Waals surface area contributed by atoms with Gasteiger partial charge in [-0.05, 0) is 49.6 Å². The molecule has 0 saturated carbocycles. The Morgan fingerprint density at radius 3 is 2.41 bits per heavy atom. The van der Waals surface area contributed by atoms with Crippen molar-refractivity contribution in [1.29, 1.82) is 0 Å². The molecule has 0 aliphatic heterocycles. The summed E-state index contributed by atoms with van der Waals surface area (Å²) >= 11 is 0. The van der Waals surface area contributed by atoms with Crippen molar-refractivity contribution in [1.82, 2.24) is 19.9 Å². The van der Waals surface area contributed by atoms with E-state index in [1.54, 1.807) is 50.3 Å². The molecular formula is C24H30N4O4. The summed E-state index contributed by atoms with van der Waals surface area (Å²) in [4.78, 5) is 17.8. The Kier molecular flexibility index (Phi) is 7.70. The van der Waals surface area contributed by atoms with Crippen LogP contribution in [0, 0.1) is 0 Å². The Hall–Kier alpha value is -3.55. The van der Waals surface area contributed by atoms with Gasteiger partial charge in [-0.1, -0.05) is 13.3 Å². The number of unbranched alkanes of at least 4 members (excludes halogenated alkanes) is 1. The molecule has 0 aliphatic carbocycles. The molecular weight excluding hydrogens is 408 g/mol. The molecule has 0 saturated heterocycles. The fourth-order valence-corrected chi connectivity index (χ4v) is 3.51. The summed E-state index contributed by atoms with van der Waals surface area (Å²) < 4.78 is 18.1. The Labute approximate surface area is 188 Å². The molecule has 8 heteroatoms. The summed E-state index contributed by atoms with van der Waals surface area (Å²) in [6, 6.07) is 7.39. The molecule has 3 aromatic rings. The minimum atomic E-state index is -0.203. The van der Waals surface area contributed by atoms with Crippen molar-refractivity contribution < 1.29 is 19.0 Å². The van der Waals surface area contributed by atoms with Crippen molar-refractivity contribution in [2.24, 2.45) is 0 Å². The Bertz CT molecular complexity index is 1100. The predicted octanol–water partition coefficient (Wildman–Crippen LogP) is 3.77. The lowest BCUT2D eigenvalue weighted by Gasteiger charge is -2.15. The number of hydrogen-bond acceptors (Lipinski definition) is 6. The molecule has 1 N–H and O–H groups in total. The molecule has 2 heterocycles. The first-order valence-electron chi connectivity index (χ1n) is 10.7. The zero-order valence-corrected chi connectivity index (χ0v) is 19.3. The van der Waals surface area contributed by atoms with Crippen LogP contribution in [0.4, 0.5) is 0 Å². The van der Waals surface area contributed by atoms with E-state index in [-0.39, 0.29) is 5.91 Å². The molecule has 1 amide bonds. The summed E-state index contributed by atoms with van der Waals surface area (Å²) in [5.41, 5.74) is 3.50. The largest absolute Gasteiger partial charge is 0.493 e. The predicted molar refractivity (Wildman–Crippen MR) is 124 cm³/mol. The molecule has 0 unspecified atom stereocenters. The van der Waals surface area contributed by atoms with Crippen LogP contribution >= 0.6 is 0 Å². The number of nitrogens with one attached hydrogen (secondary N) is 1. The highest BCUT2D eigenvalue weighted by Crippen LogP contribution is 2.39. The Morgan fingerprint density at radius 1 is 1.09 bits per heavy atom. The lowest BCUT2D eigenvalue weighted by molar-refractivity contribution is -0.115. The molecule has 32 heavy (non-hydrogen) atoms. The number of rotatable bonds is 10. The van der Waals surface area contributed by atoms with E-state index in [1.165, 1.54) is 0 Å². The van der Waals surface area contributed by atoms with Gasteiger partial charge in [-0.2, -0.15) is 5.10 Å². The fourth-order valence-electron chi connectivity index (χ4n) is 3.51. The number of amides is 1. The third-order valence-corrected chi connectivity index (χ3v) is 5.05. The van der Waals surface area contributed by atoms with Crippen LogP contribution < -0.4 is 19.5 Å². The van der Waals surface area contributed by atoms with Crippen LogP contribution in [0.5, 0.6) is 17.2 Å². The standard InChI is InChI=1S/C24H30N4O4/c1-6-8-9-17-15-19(28-22(27-17)10-11-26-28)18(24(29)25-7-2)12-16-13-20(30-3)23(32-5)21(14-16)31-4/h10-15H,6-9H2,1-5H3,(H,25,29)/b18-12+. The van der Waals surface area contributed by atoms with Crippen LogP contribution in [-0.4, -0.2) is 48.4 Å². The summed E-state index contributed by atoms with van der Waals surface area (Å²) in [5, 5.41) is 7.31. The van der Waals surface area contributed by atoms with E-state index >= 15 is 0 Å². The number of nitrogens with zero attached hydrogens (tertiary/aromatic N) is 3. The monoisotopic (exact) mass is 438 g/mol. The topological polar surface area (TPSA) is 87.0 Å². The van der Waals surface area contributed by atoms with Crippen molar-refractivity contribution in [3.05, 3.63) is 47.4 Å². The lowest BCUT2D eigenvalue weighted by Crippen LogP contribution is -2.25.